The Kier molecular flexibility index (Phi) is 5.55. The third-order valence-electron chi connectivity index (χ3n) is 4.62. The van der Waals surface area contributed by atoms with Crippen molar-refractivity contribution >= 4 is 17.2 Å². The van der Waals surface area contributed by atoms with Gasteiger partial charge in [0.05, 0.1) is 22.8 Å². The van der Waals surface area contributed by atoms with Crippen LogP contribution in [0.5, 0.6) is 0 Å². The number of aryl methyl sites for hydroxylation is 3. The second kappa shape index (κ2) is 7.69. The van der Waals surface area contributed by atoms with Gasteiger partial charge in [-0.3, -0.25) is 14.5 Å². The molecule has 1 amide bonds. The minimum Gasteiger partial charge on any atom is -0.390 e. The van der Waals surface area contributed by atoms with E-state index in [0.717, 1.165) is 22.9 Å². The fraction of sp³-hybridized carbons (Fsp3) is 0.500. The Bertz CT molecular complexity index is 860. The van der Waals surface area contributed by atoms with Gasteiger partial charge in [0, 0.05) is 42.5 Å². The standard InChI is InChI=1S/C18H24N4O3S/c1-10-6-15(23)17(11(2)19-10)18(25)21-14-4-5-22(8-16(14)24)7-13-9-26-12(3)20-13/h6,9,14,16,24H,4-5,7-8H2,1-3H3,(H,19,23)(H,21,25)/t14-,16-/m1/s1. The summed E-state index contributed by atoms with van der Waals surface area (Å²) >= 11 is 1.61. The lowest BCUT2D eigenvalue weighted by molar-refractivity contribution is 0.0345. The van der Waals surface area contributed by atoms with E-state index >= 15 is 0 Å². The predicted molar refractivity (Wildman–Crippen MR) is 101 cm³/mol. The van der Waals surface area contributed by atoms with E-state index in [1.165, 1.54) is 6.07 Å². The molecule has 8 heteroatoms. The van der Waals surface area contributed by atoms with Gasteiger partial charge < -0.3 is 15.4 Å². The number of aromatic amines is 1. The molecule has 3 heterocycles. The summed E-state index contributed by atoms with van der Waals surface area (Å²) in [4.78, 5) is 34.2. The highest BCUT2D eigenvalue weighted by Crippen LogP contribution is 2.16. The number of hydrogen-bond donors (Lipinski definition) is 3. The predicted octanol–water partition coefficient (Wildman–Crippen LogP) is 1.12. The Morgan fingerprint density at radius 1 is 1.46 bits per heavy atom. The van der Waals surface area contributed by atoms with Crippen LogP contribution < -0.4 is 10.7 Å². The van der Waals surface area contributed by atoms with Crippen molar-refractivity contribution < 1.29 is 9.90 Å². The molecule has 1 saturated heterocycles. The molecule has 3 rings (SSSR count). The Morgan fingerprint density at radius 3 is 2.85 bits per heavy atom. The number of piperidine rings is 1. The molecule has 1 aliphatic heterocycles. The van der Waals surface area contributed by atoms with Gasteiger partial charge >= 0.3 is 0 Å². The smallest absolute Gasteiger partial charge is 0.257 e. The molecule has 3 N–H and O–H groups in total. The SMILES string of the molecule is Cc1cc(=O)c(C(=O)N[C@@H]2CCN(Cc3csc(C)n3)C[C@H]2O)c(C)[nH]1. The van der Waals surface area contributed by atoms with Gasteiger partial charge in [0.15, 0.2) is 5.43 Å². The number of aliphatic hydroxyl groups excluding tert-OH is 1. The van der Waals surface area contributed by atoms with Gasteiger partial charge in [-0.15, -0.1) is 11.3 Å². The molecule has 2 aromatic heterocycles. The molecule has 140 valence electrons. The average Bonchev–Trinajstić information content (AvgIpc) is 2.94. The number of carbonyl (C=O) groups excluding carboxylic acids is 1. The van der Waals surface area contributed by atoms with Crippen LogP contribution in [-0.4, -0.2) is 51.1 Å². The van der Waals surface area contributed by atoms with Crippen molar-refractivity contribution in [2.45, 2.75) is 45.9 Å². The van der Waals surface area contributed by atoms with E-state index in [-0.39, 0.29) is 17.0 Å². The summed E-state index contributed by atoms with van der Waals surface area (Å²) in [7, 11) is 0. The number of aromatic nitrogens is 2. The topological polar surface area (TPSA) is 98.3 Å². The Hall–Kier alpha value is -2.03. The zero-order chi connectivity index (χ0) is 18.8. The maximum Gasteiger partial charge on any atom is 0.257 e. The number of pyridine rings is 1. The number of nitrogens with zero attached hydrogens (tertiary/aromatic N) is 2. The Balaban J connectivity index is 1.61. The lowest BCUT2D eigenvalue weighted by atomic mass is 10.0. The van der Waals surface area contributed by atoms with Crippen molar-refractivity contribution in [3.63, 3.8) is 0 Å². The maximum atomic E-state index is 12.5. The molecule has 1 fully saturated rings. The molecule has 0 unspecified atom stereocenters. The summed E-state index contributed by atoms with van der Waals surface area (Å²) in [6, 6.07) is 1.05. The monoisotopic (exact) mass is 376 g/mol. The summed E-state index contributed by atoms with van der Waals surface area (Å²) in [5.41, 5.74) is 2.07. The quantitative estimate of drug-likeness (QED) is 0.743. The molecule has 0 saturated carbocycles. The molecule has 2 atom stereocenters. The molecular formula is C18H24N4O3S. The molecule has 0 bridgehead atoms. The van der Waals surface area contributed by atoms with Crippen molar-refractivity contribution in [2.75, 3.05) is 13.1 Å². The second-order valence-corrected chi connectivity index (χ2v) is 7.91. The van der Waals surface area contributed by atoms with Crippen LogP contribution in [0.2, 0.25) is 0 Å². The molecule has 2 aromatic rings. The molecule has 0 aromatic carbocycles. The Morgan fingerprint density at radius 2 is 2.23 bits per heavy atom. The molecule has 0 spiro atoms. The number of thiazole rings is 1. The highest BCUT2D eigenvalue weighted by molar-refractivity contribution is 7.09. The van der Waals surface area contributed by atoms with Crippen LogP contribution >= 0.6 is 11.3 Å². The first kappa shape index (κ1) is 18.8. The fourth-order valence-electron chi connectivity index (χ4n) is 3.39. The van der Waals surface area contributed by atoms with Crippen LogP contribution in [0.15, 0.2) is 16.2 Å². The van der Waals surface area contributed by atoms with E-state index in [4.69, 9.17) is 0 Å². The molecule has 0 aliphatic carbocycles. The lowest BCUT2D eigenvalue weighted by Gasteiger charge is -2.36. The first-order valence-electron chi connectivity index (χ1n) is 8.66. The van der Waals surface area contributed by atoms with Gasteiger partial charge in [-0.05, 0) is 27.2 Å². The minimum atomic E-state index is -0.683. The van der Waals surface area contributed by atoms with Crippen LogP contribution in [-0.2, 0) is 6.54 Å². The largest absolute Gasteiger partial charge is 0.390 e. The normalized spacial score (nSPS) is 20.9. The summed E-state index contributed by atoms with van der Waals surface area (Å²) in [6.07, 6.45) is -0.0592. The van der Waals surface area contributed by atoms with E-state index < -0.39 is 12.0 Å². The van der Waals surface area contributed by atoms with Gasteiger partial charge in [0.1, 0.15) is 5.56 Å². The van der Waals surface area contributed by atoms with Crippen molar-refractivity contribution in [3.8, 4) is 0 Å². The number of aliphatic hydroxyl groups is 1. The zero-order valence-electron chi connectivity index (χ0n) is 15.2. The number of β-amino-alcohol motifs (C(OH)–C–C–N with tert-alkyl or cyclic N) is 1. The number of hydrogen-bond acceptors (Lipinski definition) is 6. The summed E-state index contributed by atoms with van der Waals surface area (Å²) in [5, 5.41) is 16.3. The van der Waals surface area contributed by atoms with E-state index in [9.17, 15) is 14.7 Å². The van der Waals surface area contributed by atoms with Crippen LogP contribution in [0.3, 0.4) is 0 Å². The van der Waals surface area contributed by atoms with Gasteiger partial charge in [-0.2, -0.15) is 0 Å². The van der Waals surface area contributed by atoms with E-state index in [1.54, 1.807) is 25.2 Å². The van der Waals surface area contributed by atoms with E-state index in [0.29, 0.717) is 25.2 Å². The van der Waals surface area contributed by atoms with Crippen molar-refractivity contribution in [2.24, 2.45) is 0 Å². The third-order valence-corrected chi connectivity index (χ3v) is 5.44. The minimum absolute atomic E-state index is 0.114. The first-order chi connectivity index (χ1) is 12.3. The molecule has 26 heavy (non-hydrogen) atoms. The summed E-state index contributed by atoms with van der Waals surface area (Å²) in [5.74, 6) is -0.434. The Labute approximate surface area is 156 Å². The maximum absolute atomic E-state index is 12.5. The number of H-pyrrole nitrogens is 1. The zero-order valence-corrected chi connectivity index (χ0v) is 16.0. The number of carbonyl (C=O) groups is 1. The number of rotatable bonds is 4. The molecule has 1 aliphatic rings. The van der Waals surface area contributed by atoms with Crippen molar-refractivity contribution in [1.29, 1.82) is 0 Å². The van der Waals surface area contributed by atoms with Crippen LogP contribution in [0.25, 0.3) is 0 Å². The second-order valence-electron chi connectivity index (χ2n) is 6.85. The average molecular weight is 376 g/mol. The van der Waals surface area contributed by atoms with E-state index in [2.05, 4.69) is 20.2 Å². The number of nitrogens with one attached hydrogen (secondary N) is 2. The highest BCUT2D eigenvalue weighted by atomic mass is 32.1. The molecular weight excluding hydrogens is 352 g/mol. The summed E-state index contributed by atoms with van der Waals surface area (Å²) < 4.78 is 0. The number of amides is 1. The molecule has 7 nitrogen and oxygen atoms in total. The van der Waals surface area contributed by atoms with Crippen LogP contribution in [0.4, 0.5) is 0 Å². The van der Waals surface area contributed by atoms with Crippen molar-refractivity contribution in [3.05, 3.63) is 49.3 Å². The first-order valence-corrected chi connectivity index (χ1v) is 9.54. The van der Waals surface area contributed by atoms with Gasteiger partial charge in [-0.25, -0.2) is 4.98 Å². The summed E-state index contributed by atoms with van der Waals surface area (Å²) in [6.45, 7) is 7.36. The highest BCUT2D eigenvalue weighted by Gasteiger charge is 2.30. The fourth-order valence-corrected chi connectivity index (χ4v) is 3.99. The van der Waals surface area contributed by atoms with Crippen LogP contribution in [0, 0.1) is 20.8 Å². The lowest BCUT2D eigenvalue weighted by Crippen LogP contribution is -2.54. The van der Waals surface area contributed by atoms with Gasteiger partial charge in [-0.1, -0.05) is 0 Å². The van der Waals surface area contributed by atoms with Gasteiger partial charge in [0.2, 0.25) is 0 Å². The van der Waals surface area contributed by atoms with Crippen LogP contribution in [0.1, 0.15) is 38.9 Å². The molecule has 0 radical (unpaired) electrons. The number of likely N-dealkylation sites (tertiary alicyclic amines) is 1. The third kappa shape index (κ3) is 4.20. The van der Waals surface area contributed by atoms with E-state index in [1.807, 2.05) is 12.3 Å². The van der Waals surface area contributed by atoms with Crippen molar-refractivity contribution in [1.82, 2.24) is 20.2 Å². The van der Waals surface area contributed by atoms with Gasteiger partial charge in [0.25, 0.3) is 5.91 Å².